The standard InChI is InChI=1S/C16H12Cl3N3O/c17-16(18,19)15-21-12-7-6-11(14(20)23)8-13(12)22(15)9-10-4-2-1-3-5-10/h1-8H,9H2,(H2,20,23). The molecule has 0 atom stereocenters. The van der Waals surface area contributed by atoms with Gasteiger partial charge in [-0.1, -0.05) is 65.1 Å². The van der Waals surface area contributed by atoms with Crippen molar-refractivity contribution in [3.63, 3.8) is 0 Å². The van der Waals surface area contributed by atoms with E-state index >= 15 is 0 Å². The van der Waals surface area contributed by atoms with Crippen molar-refractivity contribution in [2.75, 3.05) is 0 Å². The molecule has 0 bridgehead atoms. The van der Waals surface area contributed by atoms with Crippen LogP contribution in [0.5, 0.6) is 0 Å². The summed E-state index contributed by atoms with van der Waals surface area (Å²) in [5.74, 6) is -0.224. The fraction of sp³-hybridized carbons (Fsp3) is 0.125. The lowest BCUT2D eigenvalue weighted by Crippen LogP contribution is -2.13. The molecule has 118 valence electrons. The van der Waals surface area contributed by atoms with Crippen molar-refractivity contribution in [1.82, 2.24) is 9.55 Å². The highest BCUT2D eigenvalue weighted by Gasteiger charge is 2.30. The zero-order chi connectivity index (χ0) is 16.6. The van der Waals surface area contributed by atoms with Crippen LogP contribution in [-0.2, 0) is 10.3 Å². The molecular weight excluding hydrogens is 357 g/mol. The molecular formula is C16H12Cl3N3O. The van der Waals surface area contributed by atoms with Crippen molar-refractivity contribution < 1.29 is 4.79 Å². The number of benzene rings is 2. The third kappa shape index (κ3) is 3.29. The Labute approximate surface area is 147 Å². The predicted molar refractivity (Wildman–Crippen MR) is 93.0 cm³/mol. The van der Waals surface area contributed by atoms with Crippen molar-refractivity contribution in [2.45, 2.75) is 10.3 Å². The first-order valence-corrected chi connectivity index (χ1v) is 7.91. The molecule has 0 aliphatic heterocycles. The number of amides is 1. The van der Waals surface area contributed by atoms with Crippen molar-refractivity contribution in [1.29, 1.82) is 0 Å². The number of hydrogen-bond donors (Lipinski definition) is 1. The molecule has 0 unspecified atom stereocenters. The van der Waals surface area contributed by atoms with E-state index in [1.807, 2.05) is 30.3 Å². The number of imidazole rings is 1. The monoisotopic (exact) mass is 367 g/mol. The Bertz CT molecular complexity index is 869. The predicted octanol–water partition coefficient (Wildman–Crippen LogP) is 4.01. The van der Waals surface area contributed by atoms with Gasteiger partial charge in [0.2, 0.25) is 9.70 Å². The Morgan fingerprint density at radius 1 is 1.13 bits per heavy atom. The van der Waals surface area contributed by atoms with Crippen LogP contribution in [0.2, 0.25) is 0 Å². The van der Waals surface area contributed by atoms with E-state index < -0.39 is 9.70 Å². The maximum absolute atomic E-state index is 11.4. The fourth-order valence-corrected chi connectivity index (χ4v) is 2.85. The maximum atomic E-state index is 11.4. The Morgan fingerprint density at radius 2 is 1.83 bits per heavy atom. The molecule has 3 rings (SSSR count). The normalized spacial score (nSPS) is 11.8. The second-order valence-corrected chi connectivity index (χ2v) is 7.35. The van der Waals surface area contributed by atoms with Gasteiger partial charge in [0, 0.05) is 12.1 Å². The van der Waals surface area contributed by atoms with Crippen LogP contribution in [0, 0.1) is 0 Å². The van der Waals surface area contributed by atoms with Crippen LogP contribution in [0.3, 0.4) is 0 Å². The minimum atomic E-state index is -1.68. The van der Waals surface area contributed by atoms with E-state index in [0.717, 1.165) is 5.56 Å². The molecule has 0 aliphatic rings. The summed E-state index contributed by atoms with van der Waals surface area (Å²) in [6.45, 7) is 0.461. The van der Waals surface area contributed by atoms with Crippen molar-refractivity contribution in [3.05, 3.63) is 65.5 Å². The topological polar surface area (TPSA) is 60.9 Å². The molecule has 0 saturated heterocycles. The van der Waals surface area contributed by atoms with E-state index in [-0.39, 0.29) is 0 Å². The number of nitrogens with zero attached hydrogens (tertiary/aromatic N) is 2. The Kier molecular flexibility index (Phi) is 4.23. The molecule has 0 radical (unpaired) electrons. The van der Waals surface area contributed by atoms with Gasteiger partial charge in [-0.3, -0.25) is 4.79 Å². The van der Waals surface area contributed by atoms with E-state index in [9.17, 15) is 4.79 Å². The van der Waals surface area contributed by atoms with Gasteiger partial charge >= 0.3 is 0 Å². The van der Waals surface area contributed by atoms with Crippen LogP contribution in [0.25, 0.3) is 11.0 Å². The molecule has 2 aromatic carbocycles. The molecule has 0 fully saturated rings. The summed E-state index contributed by atoms with van der Waals surface area (Å²) in [6, 6.07) is 14.7. The first-order valence-electron chi connectivity index (χ1n) is 6.77. The molecule has 3 aromatic rings. The zero-order valence-corrected chi connectivity index (χ0v) is 14.1. The van der Waals surface area contributed by atoms with Gasteiger partial charge in [0.05, 0.1) is 11.0 Å². The lowest BCUT2D eigenvalue weighted by Gasteiger charge is -2.14. The number of carbonyl (C=O) groups is 1. The lowest BCUT2D eigenvalue weighted by molar-refractivity contribution is 0.100. The van der Waals surface area contributed by atoms with Crippen LogP contribution in [0.4, 0.5) is 0 Å². The van der Waals surface area contributed by atoms with Gasteiger partial charge in [0.1, 0.15) is 0 Å². The summed E-state index contributed by atoms with van der Waals surface area (Å²) in [5.41, 5.74) is 8.07. The van der Waals surface area contributed by atoms with Crippen molar-refractivity contribution >= 4 is 51.7 Å². The van der Waals surface area contributed by atoms with Crippen LogP contribution in [0.15, 0.2) is 48.5 Å². The summed E-state index contributed by atoms with van der Waals surface area (Å²) >= 11 is 18.2. The highest BCUT2D eigenvalue weighted by Crippen LogP contribution is 2.39. The van der Waals surface area contributed by atoms with E-state index in [1.54, 1.807) is 22.8 Å². The van der Waals surface area contributed by atoms with Gasteiger partial charge in [-0.25, -0.2) is 4.98 Å². The molecule has 0 aliphatic carbocycles. The summed E-state index contributed by atoms with van der Waals surface area (Å²) in [7, 11) is 0. The van der Waals surface area contributed by atoms with Gasteiger partial charge in [-0.05, 0) is 23.8 Å². The lowest BCUT2D eigenvalue weighted by atomic mass is 10.2. The number of primary amides is 1. The molecule has 4 nitrogen and oxygen atoms in total. The third-order valence-electron chi connectivity index (χ3n) is 3.47. The average molecular weight is 369 g/mol. The van der Waals surface area contributed by atoms with Crippen LogP contribution in [-0.4, -0.2) is 15.5 Å². The fourth-order valence-electron chi connectivity index (χ4n) is 2.42. The summed E-state index contributed by atoms with van der Waals surface area (Å²) < 4.78 is 0.102. The molecule has 1 amide bonds. The van der Waals surface area contributed by atoms with Crippen LogP contribution < -0.4 is 5.73 Å². The number of nitrogens with two attached hydrogens (primary N) is 1. The first-order chi connectivity index (χ1) is 10.9. The molecule has 2 N–H and O–H groups in total. The molecule has 23 heavy (non-hydrogen) atoms. The summed E-state index contributed by atoms with van der Waals surface area (Å²) in [6.07, 6.45) is 0. The van der Waals surface area contributed by atoms with Gasteiger partial charge in [0.15, 0.2) is 5.82 Å². The highest BCUT2D eigenvalue weighted by atomic mass is 35.6. The minimum Gasteiger partial charge on any atom is -0.366 e. The average Bonchev–Trinajstić information content (AvgIpc) is 2.86. The number of rotatable bonds is 3. The number of hydrogen-bond acceptors (Lipinski definition) is 2. The smallest absolute Gasteiger partial charge is 0.248 e. The number of fused-ring (bicyclic) bond motifs is 1. The highest BCUT2D eigenvalue weighted by molar-refractivity contribution is 6.66. The molecule has 0 spiro atoms. The van der Waals surface area contributed by atoms with E-state index in [0.29, 0.717) is 29.0 Å². The second kappa shape index (κ2) is 6.04. The molecule has 7 heteroatoms. The van der Waals surface area contributed by atoms with Gasteiger partial charge < -0.3 is 10.3 Å². The Hall–Kier alpha value is -1.75. The molecule has 0 saturated carbocycles. The largest absolute Gasteiger partial charge is 0.366 e. The number of alkyl halides is 3. The maximum Gasteiger partial charge on any atom is 0.248 e. The number of halogens is 3. The number of aromatic nitrogens is 2. The van der Waals surface area contributed by atoms with Crippen molar-refractivity contribution in [3.8, 4) is 0 Å². The Balaban J connectivity index is 2.21. The van der Waals surface area contributed by atoms with E-state index in [1.165, 1.54) is 0 Å². The van der Waals surface area contributed by atoms with Gasteiger partial charge in [0.25, 0.3) is 0 Å². The third-order valence-corrected chi connectivity index (χ3v) is 3.98. The van der Waals surface area contributed by atoms with Crippen molar-refractivity contribution in [2.24, 2.45) is 5.73 Å². The quantitative estimate of drug-likeness (QED) is 0.710. The first kappa shape index (κ1) is 16.1. The zero-order valence-electron chi connectivity index (χ0n) is 11.8. The summed E-state index contributed by atoms with van der Waals surface area (Å²) in [4.78, 5) is 15.8. The van der Waals surface area contributed by atoms with Crippen LogP contribution >= 0.6 is 34.8 Å². The van der Waals surface area contributed by atoms with E-state index in [2.05, 4.69) is 4.98 Å². The molecule has 1 aromatic heterocycles. The second-order valence-electron chi connectivity index (χ2n) is 5.07. The minimum absolute atomic E-state index is 0.294. The summed E-state index contributed by atoms with van der Waals surface area (Å²) in [5, 5.41) is 0. The van der Waals surface area contributed by atoms with Gasteiger partial charge in [-0.15, -0.1) is 0 Å². The van der Waals surface area contributed by atoms with Crippen LogP contribution in [0.1, 0.15) is 21.7 Å². The number of carbonyl (C=O) groups excluding carboxylic acids is 1. The molecule has 1 heterocycles. The van der Waals surface area contributed by atoms with E-state index in [4.69, 9.17) is 40.5 Å². The SMILES string of the molecule is NC(=O)c1ccc2nc(C(Cl)(Cl)Cl)n(Cc3ccccc3)c2c1. The Morgan fingerprint density at radius 3 is 2.43 bits per heavy atom. The van der Waals surface area contributed by atoms with Gasteiger partial charge in [-0.2, -0.15) is 0 Å².